The number of aliphatic hydroxyl groups is 1. The molecule has 2 rings (SSSR count). The van der Waals surface area contributed by atoms with E-state index < -0.39 is 30.2 Å². The molecule has 27 heavy (non-hydrogen) atoms. The van der Waals surface area contributed by atoms with Crippen molar-refractivity contribution in [2.45, 2.75) is 102 Å². The van der Waals surface area contributed by atoms with Crippen molar-refractivity contribution in [2.75, 3.05) is 0 Å². The molecule has 2 N–H and O–H groups in total. The van der Waals surface area contributed by atoms with Crippen molar-refractivity contribution >= 4 is 11.8 Å². The molecular weight excluding hydrogens is 358 g/mol. The Hall–Kier alpha value is -1.08. The normalized spacial score (nSPS) is 31.1. The molecule has 0 aromatic carbocycles. The smallest absolute Gasteiger partial charge is 0.303 e. The van der Waals surface area contributed by atoms with E-state index in [1.807, 2.05) is 6.92 Å². The minimum absolute atomic E-state index is 0.0386. The minimum atomic E-state index is -3.31. The van der Waals surface area contributed by atoms with Crippen molar-refractivity contribution < 1.29 is 33.3 Å². The van der Waals surface area contributed by atoms with Crippen LogP contribution in [0.5, 0.6) is 0 Å². The lowest BCUT2D eigenvalue weighted by atomic mass is 9.81. The number of hydrogen-bond donors (Lipinski definition) is 2. The second kappa shape index (κ2) is 9.41. The molecular formula is C20H32F2O5. The van der Waals surface area contributed by atoms with Crippen LogP contribution in [0.2, 0.25) is 0 Å². The third kappa shape index (κ3) is 5.47. The Balaban J connectivity index is 1.84. The predicted octanol–water partition coefficient (Wildman–Crippen LogP) is 4.31. The fraction of sp³-hybridized carbons (Fsp3) is 0.900. The summed E-state index contributed by atoms with van der Waals surface area (Å²) in [6.07, 6.45) is 4.17. The lowest BCUT2D eigenvalue weighted by molar-refractivity contribution is -0.356. The van der Waals surface area contributed by atoms with Gasteiger partial charge >= 0.3 is 11.9 Å². The first-order valence-corrected chi connectivity index (χ1v) is 10.2. The number of aliphatic carboxylic acids is 1. The molecule has 4 atom stereocenters. The van der Waals surface area contributed by atoms with Crippen LogP contribution in [0, 0.1) is 11.8 Å². The molecule has 0 spiro atoms. The molecule has 0 bridgehead atoms. The number of unbranched alkanes of at least 4 members (excludes halogenated alkanes) is 4. The van der Waals surface area contributed by atoms with Crippen molar-refractivity contribution in [3.8, 4) is 0 Å². The first-order chi connectivity index (χ1) is 12.7. The molecule has 0 amide bonds. The Morgan fingerprint density at radius 1 is 1.26 bits per heavy atom. The number of halogens is 2. The average Bonchev–Trinajstić information content (AvgIpc) is 2.90. The number of hydrogen-bond acceptors (Lipinski definition) is 4. The van der Waals surface area contributed by atoms with E-state index in [1.165, 1.54) is 0 Å². The van der Waals surface area contributed by atoms with Crippen LogP contribution in [0.3, 0.4) is 0 Å². The van der Waals surface area contributed by atoms with Gasteiger partial charge in [-0.05, 0) is 31.6 Å². The molecule has 3 unspecified atom stereocenters. The monoisotopic (exact) mass is 390 g/mol. The maximum Gasteiger partial charge on any atom is 0.303 e. The molecule has 0 radical (unpaired) electrons. The lowest BCUT2D eigenvalue weighted by Crippen LogP contribution is -2.55. The van der Waals surface area contributed by atoms with Gasteiger partial charge in [-0.15, -0.1) is 0 Å². The number of carbonyl (C=O) groups is 2. The molecule has 5 nitrogen and oxygen atoms in total. The standard InChI is InChI=1S/C20H32F2O5/c1-2-3-11-19(21,22)20(26)12-10-15-14(16(23)13-17(15)27-20)8-6-4-5-7-9-18(24)25/h14-15,17,26H,2-13H2,1H3,(H,24,25)/t14?,15-,17?,20?/m1/s1. The van der Waals surface area contributed by atoms with Gasteiger partial charge in [0, 0.05) is 31.6 Å². The quantitative estimate of drug-likeness (QED) is 0.514. The summed E-state index contributed by atoms with van der Waals surface area (Å²) < 4.78 is 34.3. The fourth-order valence-electron chi connectivity index (χ4n) is 4.42. The van der Waals surface area contributed by atoms with Crippen LogP contribution in [0.25, 0.3) is 0 Å². The third-order valence-electron chi connectivity index (χ3n) is 6.04. The van der Waals surface area contributed by atoms with Crippen LogP contribution in [-0.4, -0.2) is 39.8 Å². The molecule has 2 fully saturated rings. The lowest BCUT2D eigenvalue weighted by Gasteiger charge is -2.43. The Kier molecular flexibility index (Phi) is 7.74. The van der Waals surface area contributed by atoms with E-state index in [2.05, 4.69) is 0 Å². The average molecular weight is 390 g/mol. The molecule has 1 saturated carbocycles. The van der Waals surface area contributed by atoms with E-state index in [9.17, 15) is 23.5 Å². The fourth-order valence-corrected chi connectivity index (χ4v) is 4.42. The summed E-state index contributed by atoms with van der Waals surface area (Å²) in [5.41, 5.74) is 0. The van der Waals surface area contributed by atoms with Crippen LogP contribution in [-0.2, 0) is 14.3 Å². The van der Waals surface area contributed by atoms with Crippen LogP contribution in [0.1, 0.15) is 84.0 Å². The Morgan fingerprint density at radius 3 is 2.63 bits per heavy atom. The first-order valence-electron chi connectivity index (χ1n) is 10.2. The summed E-state index contributed by atoms with van der Waals surface area (Å²) in [5, 5.41) is 19.1. The molecule has 156 valence electrons. The van der Waals surface area contributed by atoms with Gasteiger partial charge in [0.2, 0.25) is 5.79 Å². The zero-order valence-electron chi connectivity index (χ0n) is 16.1. The molecule has 7 heteroatoms. The molecule has 1 saturated heterocycles. The number of fused-ring (bicyclic) bond motifs is 1. The number of ketones is 1. The Morgan fingerprint density at radius 2 is 1.96 bits per heavy atom. The second-order valence-corrected chi connectivity index (χ2v) is 8.07. The molecule has 1 aliphatic heterocycles. The van der Waals surface area contributed by atoms with Crippen molar-refractivity contribution in [2.24, 2.45) is 11.8 Å². The molecule has 2 aliphatic rings. The van der Waals surface area contributed by atoms with E-state index in [0.29, 0.717) is 32.1 Å². The van der Waals surface area contributed by atoms with Gasteiger partial charge in [0.15, 0.2) is 0 Å². The van der Waals surface area contributed by atoms with Gasteiger partial charge < -0.3 is 14.9 Å². The van der Waals surface area contributed by atoms with Crippen LogP contribution in [0.15, 0.2) is 0 Å². The highest BCUT2D eigenvalue weighted by atomic mass is 19.3. The number of carboxylic acid groups (broad SMARTS) is 1. The highest BCUT2D eigenvalue weighted by molar-refractivity contribution is 5.84. The summed E-state index contributed by atoms with van der Waals surface area (Å²) in [5.74, 6) is -6.82. The maximum atomic E-state index is 14.4. The number of carbonyl (C=O) groups excluding carboxylic acids is 1. The van der Waals surface area contributed by atoms with E-state index in [0.717, 1.165) is 19.3 Å². The van der Waals surface area contributed by atoms with Crippen molar-refractivity contribution in [1.29, 1.82) is 0 Å². The van der Waals surface area contributed by atoms with Crippen molar-refractivity contribution in [3.05, 3.63) is 0 Å². The Labute approximate surface area is 159 Å². The second-order valence-electron chi connectivity index (χ2n) is 8.07. The summed E-state index contributed by atoms with van der Waals surface area (Å²) in [6.45, 7) is 1.82. The molecule has 1 heterocycles. The van der Waals surface area contributed by atoms with Crippen LogP contribution >= 0.6 is 0 Å². The zero-order valence-corrected chi connectivity index (χ0v) is 16.1. The molecule has 0 aromatic rings. The zero-order chi connectivity index (χ0) is 20.1. The first kappa shape index (κ1) is 22.2. The highest BCUT2D eigenvalue weighted by Gasteiger charge is 2.59. The van der Waals surface area contributed by atoms with Gasteiger partial charge in [0.1, 0.15) is 5.78 Å². The Bertz CT molecular complexity index is 525. The number of ether oxygens (including phenoxy) is 1. The molecule has 1 aliphatic carbocycles. The van der Waals surface area contributed by atoms with E-state index in [4.69, 9.17) is 9.84 Å². The van der Waals surface area contributed by atoms with Gasteiger partial charge in [-0.1, -0.05) is 32.6 Å². The topological polar surface area (TPSA) is 83.8 Å². The maximum absolute atomic E-state index is 14.4. The van der Waals surface area contributed by atoms with Gasteiger partial charge in [0.25, 0.3) is 0 Å². The molecule has 0 aromatic heterocycles. The number of carboxylic acids is 1. The van der Waals surface area contributed by atoms with E-state index in [1.54, 1.807) is 0 Å². The number of rotatable bonds is 11. The summed E-state index contributed by atoms with van der Waals surface area (Å²) >= 11 is 0. The van der Waals surface area contributed by atoms with Crippen molar-refractivity contribution in [3.63, 3.8) is 0 Å². The highest BCUT2D eigenvalue weighted by Crippen LogP contribution is 2.49. The van der Waals surface area contributed by atoms with E-state index in [-0.39, 0.29) is 36.9 Å². The number of Topliss-reactive ketones (excluding diaryl/α,β-unsaturated/α-hetero) is 1. The van der Waals surface area contributed by atoms with Gasteiger partial charge in [-0.2, -0.15) is 0 Å². The predicted molar refractivity (Wildman–Crippen MR) is 95.5 cm³/mol. The van der Waals surface area contributed by atoms with Gasteiger partial charge in [-0.3, -0.25) is 9.59 Å². The van der Waals surface area contributed by atoms with Crippen molar-refractivity contribution in [1.82, 2.24) is 0 Å². The van der Waals surface area contributed by atoms with Gasteiger partial charge in [0.05, 0.1) is 6.10 Å². The summed E-state index contributed by atoms with van der Waals surface area (Å²) in [6, 6.07) is 0. The SMILES string of the molecule is CCCCC(F)(F)C1(O)CC[C@H]2C(CC(=O)C2CCCCCCC(=O)O)O1. The van der Waals surface area contributed by atoms with E-state index >= 15 is 0 Å². The van der Waals surface area contributed by atoms with Gasteiger partial charge in [-0.25, -0.2) is 8.78 Å². The minimum Gasteiger partial charge on any atom is -0.481 e. The summed E-state index contributed by atoms with van der Waals surface area (Å²) in [4.78, 5) is 22.8. The number of alkyl halides is 2. The largest absolute Gasteiger partial charge is 0.481 e. The third-order valence-corrected chi connectivity index (χ3v) is 6.04. The van der Waals surface area contributed by atoms with Crippen LogP contribution < -0.4 is 0 Å². The van der Waals surface area contributed by atoms with Crippen LogP contribution in [0.4, 0.5) is 8.78 Å². The summed E-state index contributed by atoms with van der Waals surface area (Å²) in [7, 11) is 0.